The number of rotatable bonds is 6. The van der Waals surface area contributed by atoms with Gasteiger partial charge in [0.1, 0.15) is 11.8 Å². The fourth-order valence-corrected chi connectivity index (χ4v) is 4.62. The molecule has 1 unspecified atom stereocenters. The van der Waals surface area contributed by atoms with Gasteiger partial charge in [0.15, 0.2) is 5.82 Å². The smallest absolute Gasteiger partial charge is 0.220 e. The first-order valence-electron chi connectivity index (χ1n) is 10.1. The Kier molecular flexibility index (Phi) is 5.57. The van der Waals surface area contributed by atoms with Crippen molar-refractivity contribution in [3.63, 3.8) is 0 Å². The second-order valence-corrected chi connectivity index (χ2v) is 7.78. The Bertz CT molecular complexity index is 809. The average molecular weight is 384 g/mol. The number of carbonyl (C=O) groups is 1. The number of nitrogens with zero attached hydrogens (tertiary/aromatic N) is 5. The zero-order chi connectivity index (χ0) is 19.5. The lowest BCUT2D eigenvalue weighted by atomic mass is 9.93. The van der Waals surface area contributed by atoms with E-state index in [1.807, 2.05) is 22.9 Å². The van der Waals surface area contributed by atoms with Crippen LogP contribution in [0, 0.1) is 5.92 Å². The molecule has 1 aromatic carbocycles. The third-order valence-electron chi connectivity index (χ3n) is 6.16. The number of methoxy groups -OCH3 is 1. The molecule has 0 spiro atoms. The van der Waals surface area contributed by atoms with Crippen LogP contribution in [0.3, 0.4) is 0 Å². The molecule has 1 saturated heterocycles. The summed E-state index contributed by atoms with van der Waals surface area (Å²) >= 11 is 0. The van der Waals surface area contributed by atoms with Crippen LogP contribution in [0.25, 0.3) is 0 Å². The highest BCUT2D eigenvalue weighted by Gasteiger charge is 2.35. The van der Waals surface area contributed by atoms with Crippen LogP contribution in [0.15, 0.2) is 24.3 Å². The van der Waals surface area contributed by atoms with E-state index in [2.05, 4.69) is 26.5 Å². The number of carbonyl (C=O) groups excluding carboxylic acids is 1. The summed E-state index contributed by atoms with van der Waals surface area (Å²) in [5, 5.41) is 12.8. The molecule has 2 fully saturated rings. The van der Waals surface area contributed by atoms with Crippen LogP contribution in [-0.2, 0) is 4.79 Å². The van der Waals surface area contributed by atoms with Crippen molar-refractivity contribution in [3.8, 4) is 5.75 Å². The number of piperidine rings is 1. The van der Waals surface area contributed by atoms with Crippen LogP contribution in [-0.4, -0.2) is 51.2 Å². The average Bonchev–Trinajstić information content (AvgIpc) is 3.41. The van der Waals surface area contributed by atoms with Gasteiger partial charge in [0.25, 0.3) is 0 Å². The van der Waals surface area contributed by atoms with Gasteiger partial charge in [-0.2, -0.15) is 0 Å². The van der Waals surface area contributed by atoms with Gasteiger partial charge in [-0.15, -0.1) is 5.10 Å². The standard InChI is InChI=1S/C20H28N6O2/c1-28-17-9-5-4-8-16(17)18(25-12-10-14(11-13-25)19(21)27)20-22-23-24-26(20)15-6-2-3-7-15/h4-5,8-9,14-15,18H,2-3,6-7,10-13H2,1H3,(H2,21,27). The van der Waals surface area contributed by atoms with E-state index >= 15 is 0 Å². The minimum atomic E-state index is -0.204. The van der Waals surface area contributed by atoms with Crippen LogP contribution in [0.4, 0.5) is 0 Å². The maximum absolute atomic E-state index is 11.6. The molecule has 1 amide bonds. The van der Waals surface area contributed by atoms with Gasteiger partial charge in [-0.25, -0.2) is 4.68 Å². The number of hydrogen-bond acceptors (Lipinski definition) is 6. The maximum atomic E-state index is 11.6. The van der Waals surface area contributed by atoms with E-state index in [0.717, 1.165) is 55.9 Å². The van der Waals surface area contributed by atoms with Crippen LogP contribution in [0.1, 0.15) is 62.0 Å². The van der Waals surface area contributed by atoms with Crippen molar-refractivity contribution >= 4 is 5.91 Å². The monoisotopic (exact) mass is 384 g/mol. The second kappa shape index (κ2) is 8.26. The summed E-state index contributed by atoms with van der Waals surface area (Å²) in [6, 6.07) is 8.29. The minimum absolute atomic E-state index is 0.0552. The summed E-state index contributed by atoms with van der Waals surface area (Å²) in [6.45, 7) is 1.54. The summed E-state index contributed by atoms with van der Waals surface area (Å²) in [4.78, 5) is 14.0. The molecule has 0 bridgehead atoms. The number of hydrogen-bond donors (Lipinski definition) is 1. The minimum Gasteiger partial charge on any atom is -0.496 e. The van der Waals surface area contributed by atoms with Crippen molar-refractivity contribution in [3.05, 3.63) is 35.7 Å². The van der Waals surface area contributed by atoms with Gasteiger partial charge in [0.2, 0.25) is 5.91 Å². The molecule has 1 aromatic heterocycles. The lowest BCUT2D eigenvalue weighted by molar-refractivity contribution is -0.123. The molecular weight excluding hydrogens is 356 g/mol. The van der Waals surface area contributed by atoms with Crippen LogP contribution in [0.2, 0.25) is 0 Å². The van der Waals surface area contributed by atoms with Gasteiger partial charge in [0, 0.05) is 11.5 Å². The number of aromatic nitrogens is 4. The lowest BCUT2D eigenvalue weighted by Gasteiger charge is -2.37. The van der Waals surface area contributed by atoms with E-state index in [0.29, 0.717) is 6.04 Å². The van der Waals surface area contributed by atoms with E-state index < -0.39 is 0 Å². The predicted molar refractivity (Wildman–Crippen MR) is 104 cm³/mol. The Morgan fingerprint density at radius 1 is 1.18 bits per heavy atom. The molecule has 1 aliphatic carbocycles. The first kappa shape index (κ1) is 18.9. The van der Waals surface area contributed by atoms with Crippen molar-refractivity contribution < 1.29 is 9.53 Å². The number of primary amides is 1. The van der Waals surface area contributed by atoms with Crippen molar-refractivity contribution in [1.82, 2.24) is 25.1 Å². The number of nitrogens with two attached hydrogens (primary N) is 1. The van der Waals surface area contributed by atoms with E-state index in [9.17, 15) is 4.79 Å². The van der Waals surface area contributed by atoms with Crippen molar-refractivity contribution in [1.29, 1.82) is 0 Å². The zero-order valence-corrected chi connectivity index (χ0v) is 16.3. The van der Waals surface area contributed by atoms with Crippen molar-refractivity contribution in [2.24, 2.45) is 11.7 Å². The maximum Gasteiger partial charge on any atom is 0.220 e. The molecule has 1 saturated carbocycles. The van der Waals surface area contributed by atoms with Gasteiger partial charge < -0.3 is 10.5 Å². The fraction of sp³-hybridized carbons (Fsp3) is 0.600. The van der Waals surface area contributed by atoms with Crippen LogP contribution in [0.5, 0.6) is 5.75 Å². The van der Waals surface area contributed by atoms with E-state index in [-0.39, 0.29) is 17.9 Å². The molecule has 2 aromatic rings. The number of benzene rings is 1. The third-order valence-corrected chi connectivity index (χ3v) is 6.16. The van der Waals surface area contributed by atoms with Gasteiger partial charge in [0.05, 0.1) is 13.2 Å². The Hall–Kier alpha value is -2.48. The molecule has 0 radical (unpaired) electrons. The summed E-state index contributed by atoms with van der Waals surface area (Å²) < 4.78 is 7.68. The molecule has 1 atom stereocenters. The van der Waals surface area contributed by atoms with E-state index in [1.54, 1.807) is 7.11 Å². The number of amides is 1. The molecule has 8 nitrogen and oxygen atoms in total. The highest BCUT2D eigenvalue weighted by molar-refractivity contribution is 5.76. The van der Waals surface area contributed by atoms with Crippen molar-refractivity contribution in [2.75, 3.05) is 20.2 Å². The molecule has 2 aliphatic rings. The quantitative estimate of drug-likeness (QED) is 0.819. The highest BCUT2D eigenvalue weighted by Crippen LogP contribution is 2.38. The number of tetrazole rings is 1. The van der Waals surface area contributed by atoms with Gasteiger partial charge in [-0.1, -0.05) is 31.0 Å². The summed E-state index contributed by atoms with van der Waals surface area (Å²) in [5.41, 5.74) is 6.59. The summed E-state index contributed by atoms with van der Waals surface area (Å²) in [5.74, 6) is 1.42. The molecule has 4 rings (SSSR count). The topological polar surface area (TPSA) is 99.2 Å². The lowest BCUT2D eigenvalue weighted by Crippen LogP contribution is -2.41. The van der Waals surface area contributed by atoms with Crippen LogP contribution >= 0.6 is 0 Å². The van der Waals surface area contributed by atoms with Gasteiger partial charge in [-0.3, -0.25) is 9.69 Å². The molecule has 8 heteroatoms. The Morgan fingerprint density at radius 3 is 2.57 bits per heavy atom. The molecule has 1 aliphatic heterocycles. The third kappa shape index (κ3) is 3.61. The Balaban J connectivity index is 1.71. The zero-order valence-electron chi connectivity index (χ0n) is 16.3. The molecule has 28 heavy (non-hydrogen) atoms. The largest absolute Gasteiger partial charge is 0.496 e. The van der Waals surface area contributed by atoms with Gasteiger partial charge >= 0.3 is 0 Å². The number of ether oxygens (including phenoxy) is 1. The molecule has 2 heterocycles. The predicted octanol–water partition coefficient (Wildman–Crippen LogP) is 2.08. The molecule has 150 valence electrons. The highest BCUT2D eigenvalue weighted by atomic mass is 16.5. The van der Waals surface area contributed by atoms with Gasteiger partial charge in [-0.05, 0) is 55.3 Å². The first-order valence-corrected chi connectivity index (χ1v) is 10.1. The van der Waals surface area contributed by atoms with Crippen molar-refractivity contribution in [2.45, 2.75) is 50.6 Å². The number of likely N-dealkylation sites (tertiary alicyclic amines) is 1. The molecule has 2 N–H and O–H groups in total. The second-order valence-electron chi connectivity index (χ2n) is 7.78. The van der Waals surface area contributed by atoms with E-state index in [1.165, 1.54) is 12.8 Å². The fourth-order valence-electron chi connectivity index (χ4n) is 4.62. The Labute approximate surface area is 165 Å². The summed E-state index contributed by atoms with van der Waals surface area (Å²) in [7, 11) is 1.69. The normalized spacial score (nSPS) is 20.3. The first-order chi connectivity index (χ1) is 13.7. The van der Waals surface area contributed by atoms with E-state index in [4.69, 9.17) is 10.5 Å². The Morgan fingerprint density at radius 2 is 1.89 bits per heavy atom. The van der Waals surface area contributed by atoms with Crippen LogP contribution < -0.4 is 10.5 Å². The molecular formula is C20H28N6O2. The number of para-hydroxylation sites is 1. The summed E-state index contributed by atoms with van der Waals surface area (Å²) in [6.07, 6.45) is 6.17. The SMILES string of the molecule is COc1ccccc1C(c1nnnn1C1CCCC1)N1CCC(C(N)=O)CC1.